The van der Waals surface area contributed by atoms with E-state index in [1.54, 1.807) is 7.11 Å². The van der Waals surface area contributed by atoms with Crippen molar-refractivity contribution in [3.05, 3.63) is 24.3 Å². The molecule has 94 valence electrons. The Hall–Kier alpha value is -1.71. The Morgan fingerprint density at radius 3 is 2.59 bits per heavy atom. The molecule has 0 aromatic heterocycles. The van der Waals surface area contributed by atoms with Gasteiger partial charge in [0, 0.05) is 6.42 Å². The van der Waals surface area contributed by atoms with E-state index in [0.717, 1.165) is 0 Å². The molecule has 0 unspecified atom stereocenters. The molecule has 1 aromatic carbocycles. The van der Waals surface area contributed by atoms with Gasteiger partial charge in [0.15, 0.2) is 11.5 Å². The second-order valence-corrected chi connectivity index (χ2v) is 3.78. The molecule has 17 heavy (non-hydrogen) atoms. The van der Waals surface area contributed by atoms with Crippen LogP contribution in [0.25, 0.3) is 0 Å². The molecule has 4 heteroatoms. The predicted molar refractivity (Wildman–Crippen MR) is 66.4 cm³/mol. The minimum Gasteiger partial charge on any atom is -0.493 e. The molecule has 0 heterocycles. The highest BCUT2D eigenvalue weighted by Crippen LogP contribution is 2.25. The van der Waals surface area contributed by atoms with E-state index in [0.29, 0.717) is 24.5 Å². The molecule has 0 fully saturated rings. The molecule has 1 amide bonds. The quantitative estimate of drug-likeness (QED) is 0.823. The number of amides is 1. The van der Waals surface area contributed by atoms with Gasteiger partial charge in [0.1, 0.15) is 6.61 Å². The molecule has 0 radical (unpaired) electrons. The molecule has 0 saturated carbocycles. The third-order valence-electron chi connectivity index (χ3n) is 2.29. The van der Waals surface area contributed by atoms with Gasteiger partial charge in [0.25, 0.3) is 0 Å². The number of rotatable bonds is 6. The largest absolute Gasteiger partial charge is 0.493 e. The van der Waals surface area contributed by atoms with Gasteiger partial charge in [-0.15, -0.1) is 0 Å². The third kappa shape index (κ3) is 4.34. The van der Waals surface area contributed by atoms with Gasteiger partial charge in [0.05, 0.1) is 13.2 Å². The number of benzene rings is 1. The molecule has 1 rings (SSSR count). The lowest BCUT2D eigenvalue weighted by Crippen LogP contribution is -2.36. The van der Waals surface area contributed by atoms with Crippen molar-refractivity contribution in [3.63, 3.8) is 0 Å². The van der Waals surface area contributed by atoms with Gasteiger partial charge in [-0.3, -0.25) is 4.79 Å². The fourth-order valence-corrected chi connectivity index (χ4v) is 1.37. The van der Waals surface area contributed by atoms with Gasteiger partial charge in [-0.25, -0.2) is 0 Å². The van der Waals surface area contributed by atoms with E-state index in [1.165, 1.54) is 0 Å². The molecule has 1 atom stereocenters. The van der Waals surface area contributed by atoms with Crippen molar-refractivity contribution >= 4 is 5.91 Å². The van der Waals surface area contributed by atoms with E-state index in [4.69, 9.17) is 9.47 Å². The molecule has 0 aliphatic carbocycles. The minimum absolute atomic E-state index is 0.0210. The van der Waals surface area contributed by atoms with Crippen LogP contribution in [0.3, 0.4) is 0 Å². The van der Waals surface area contributed by atoms with E-state index in [2.05, 4.69) is 5.32 Å². The minimum atomic E-state index is -0.0210. The first-order chi connectivity index (χ1) is 8.17. The van der Waals surface area contributed by atoms with Gasteiger partial charge < -0.3 is 14.8 Å². The Balaban J connectivity index is 2.47. The Bertz CT molecular complexity index is 365. The maximum atomic E-state index is 11.2. The summed E-state index contributed by atoms with van der Waals surface area (Å²) in [7, 11) is 1.60. The monoisotopic (exact) mass is 237 g/mol. The number of para-hydroxylation sites is 2. The Labute approximate surface area is 102 Å². The summed E-state index contributed by atoms with van der Waals surface area (Å²) in [5, 5.41) is 2.83. The Kier molecular flexibility index (Phi) is 5.33. The molecule has 1 N–H and O–H groups in total. The highest BCUT2D eigenvalue weighted by Gasteiger charge is 2.08. The zero-order valence-corrected chi connectivity index (χ0v) is 10.5. The van der Waals surface area contributed by atoms with E-state index in [-0.39, 0.29) is 11.9 Å². The highest BCUT2D eigenvalue weighted by molar-refractivity contribution is 5.75. The van der Waals surface area contributed by atoms with Crippen LogP contribution < -0.4 is 14.8 Å². The smallest absolute Gasteiger partial charge is 0.220 e. The third-order valence-corrected chi connectivity index (χ3v) is 2.29. The number of methoxy groups -OCH3 is 1. The zero-order valence-electron chi connectivity index (χ0n) is 10.5. The summed E-state index contributed by atoms with van der Waals surface area (Å²) >= 11 is 0. The van der Waals surface area contributed by atoms with Crippen LogP contribution in [-0.2, 0) is 4.79 Å². The SMILES string of the molecule is CCC(=O)N[C@H](C)COc1ccccc1OC. The van der Waals surface area contributed by atoms with Gasteiger partial charge in [-0.05, 0) is 19.1 Å². The van der Waals surface area contributed by atoms with Crippen molar-refractivity contribution in [1.29, 1.82) is 0 Å². The number of ether oxygens (including phenoxy) is 2. The van der Waals surface area contributed by atoms with Crippen LogP contribution in [0.5, 0.6) is 11.5 Å². The maximum Gasteiger partial charge on any atom is 0.220 e. The van der Waals surface area contributed by atoms with Crippen molar-refractivity contribution in [2.45, 2.75) is 26.3 Å². The fraction of sp³-hybridized carbons (Fsp3) is 0.462. The molecular formula is C13H19NO3. The second kappa shape index (κ2) is 6.78. The lowest BCUT2D eigenvalue weighted by Gasteiger charge is -2.15. The molecule has 0 aliphatic heterocycles. The van der Waals surface area contributed by atoms with Crippen molar-refractivity contribution in [3.8, 4) is 11.5 Å². The van der Waals surface area contributed by atoms with Gasteiger partial charge >= 0.3 is 0 Å². The summed E-state index contributed by atoms with van der Waals surface area (Å²) in [6.07, 6.45) is 0.485. The number of carbonyl (C=O) groups excluding carboxylic acids is 1. The summed E-state index contributed by atoms with van der Waals surface area (Å²) in [5.74, 6) is 1.41. The zero-order chi connectivity index (χ0) is 12.7. The lowest BCUT2D eigenvalue weighted by molar-refractivity contribution is -0.121. The van der Waals surface area contributed by atoms with Gasteiger partial charge in [-0.1, -0.05) is 19.1 Å². The van der Waals surface area contributed by atoms with Crippen LogP contribution in [0.4, 0.5) is 0 Å². The van der Waals surface area contributed by atoms with E-state index in [9.17, 15) is 4.79 Å². The molecule has 4 nitrogen and oxygen atoms in total. The average molecular weight is 237 g/mol. The van der Waals surface area contributed by atoms with Crippen LogP contribution in [0, 0.1) is 0 Å². The van der Waals surface area contributed by atoms with Crippen LogP contribution in [0.1, 0.15) is 20.3 Å². The topological polar surface area (TPSA) is 47.6 Å². The standard InChI is InChI=1S/C13H19NO3/c1-4-13(15)14-10(2)9-17-12-8-6-5-7-11(12)16-3/h5-8,10H,4,9H2,1-3H3,(H,14,15)/t10-/m1/s1. The lowest BCUT2D eigenvalue weighted by atomic mass is 10.3. The first kappa shape index (κ1) is 13.4. The molecule has 0 aliphatic rings. The number of nitrogens with one attached hydrogen (secondary N) is 1. The van der Waals surface area contributed by atoms with Crippen LogP contribution >= 0.6 is 0 Å². The van der Waals surface area contributed by atoms with E-state index >= 15 is 0 Å². The summed E-state index contributed by atoms with van der Waals surface area (Å²) < 4.78 is 10.8. The summed E-state index contributed by atoms with van der Waals surface area (Å²) in [6.45, 7) is 4.15. The van der Waals surface area contributed by atoms with Crippen molar-refractivity contribution in [1.82, 2.24) is 5.32 Å². The van der Waals surface area contributed by atoms with Crippen LogP contribution in [0.2, 0.25) is 0 Å². The first-order valence-corrected chi connectivity index (χ1v) is 5.72. The van der Waals surface area contributed by atoms with Crippen LogP contribution in [0.15, 0.2) is 24.3 Å². The highest BCUT2D eigenvalue weighted by atomic mass is 16.5. The summed E-state index contributed by atoms with van der Waals surface area (Å²) in [5.41, 5.74) is 0. The second-order valence-electron chi connectivity index (χ2n) is 3.78. The fourth-order valence-electron chi connectivity index (χ4n) is 1.37. The summed E-state index contributed by atoms with van der Waals surface area (Å²) in [6, 6.07) is 7.42. The van der Waals surface area contributed by atoms with Crippen molar-refractivity contribution < 1.29 is 14.3 Å². The van der Waals surface area contributed by atoms with E-state index < -0.39 is 0 Å². The maximum absolute atomic E-state index is 11.2. The first-order valence-electron chi connectivity index (χ1n) is 5.72. The van der Waals surface area contributed by atoms with Gasteiger partial charge in [-0.2, -0.15) is 0 Å². The predicted octanol–water partition coefficient (Wildman–Crippen LogP) is 1.99. The van der Waals surface area contributed by atoms with Crippen molar-refractivity contribution in [2.75, 3.05) is 13.7 Å². The molecular weight excluding hydrogens is 218 g/mol. The molecule has 1 aromatic rings. The number of hydrogen-bond acceptors (Lipinski definition) is 3. The molecule has 0 spiro atoms. The summed E-state index contributed by atoms with van der Waals surface area (Å²) in [4.78, 5) is 11.2. The number of hydrogen-bond donors (Lipinski definition) is 1. The van der Waals surface area contributed by atoms with Crippen LogP contribution in [-0.4, -0.2) is 25.7 Å². The number of carbonyl (C=O) groups is 1. The average Bonchev–Trinajstić information content (AvgIpc) is 2.36. The Morgan fingerprint density at radius 2 is 2.00 bits per heavy atom. The molecule has 0 bridgehead atoms. The Morgan fingerprint density at radius 1 is 1.35 bits per heavy atom. The normalized spacial score (nSPS) is 11.7. The molecule has 0 saturated heterocycles. The van der Waals surface area contributed by atoms with E-state index in [1.807, 2.05) is 38.1 Å². The van der Waals surface area contributed by atoms with Crippen molar-refractivity contribution in [2.24, 2.45) is 0 Å². The van der Waals surface area contributed by atoms with Gasteiger partial charge in [0.2, 0.25) is 5.91 Å².